The molecule has 0 saturated heterocycles. The molecule has 40 heavy (non-hydrogen) atoms. The summed E-state index contributed by atoms with van der Waals surface area (Å²) in [5.74, 6) is -2.25. The van der Waals surface area contributed by atoms with Crippen molar-refractivity contribution >= 4 is 6.08 Å². The van der Waals surface area contributed by atoms with Gasteiger partial charge in [-0.3, -0.25) is 0 Å². The molecule has 0 heterocycles. The van der Waals surface area contributed by atoms with Gasteiger partial charge in [0.15, 0.2) is 23.2 Å². The zero-order valence-corrected chi connectivity index (χ0v) is 24.3. The lowest BCUT2D eigenvalue weighted by Gasteiger charge is -2.29. The second-order valence-corrected chi connectivity index (χ2v) is 12.2. The number of hydrogen-bond acceptors (Lipinski definition) is 1. The molecule has 0 bridgehead atoms. The molecule has 2 aliphatic carbocycles. The number of ether oxygens (including phenoxy) is 1. The monoisotopic (exact) mass is 558 g/mol. The van der Waals surface area contributed by atoms with E-state index in [2.05, 4.69) is 13.8 Å². The molecule has 2 saturated carbocycles. The van der Waals surface area contributed by atoms with E-state index in [9.17, 15) is 8.78 Å². The fourth-order valence-electron chi connectivity index (χ4n) is 6.49. The third-order valence-electron chi connectivity index (χ3n) is 9.19. The summed E-state index contributed by atoms with van der Waals surface area (Å²) < 4.78 is 65.0. The molecule has 0 atom stereocenters. The van der Waals surface area contributed by atoms with Crippen LogP contribution in [-0.2, 0) is 0 Å². The van der Waals surface area contributed by atoms with E-state index in [0.717, 1.165) is 70.6 Å². The Morgan fingerprint density at radius 1 is 0.675 bits per heavy atom. The van der Waals surface area contributed by atoms with E-state index in [-0.39, 0.29) is 29.1 Å². The first-order valence-corrected chi connectivity index (χ1v) is 15.7. The molecule has 0 unspecified atom stereocenters. The van der Waals surface area contributed by atoms with Gasteiger partial charge in [-0.05, 0) is 91.9 Å². The number of hydrogen-bond donors (Lipinski definition) is 0. The minimum absolute atomic E-state index is 0.0168. The molecule has 2 fully saturated rings. The fourth-order valence-corrected chi connectivity index (χ4v) is 6.49. The summed E-state index contributed by atoms with van der Waals surface area (Å²) in [6, 6.07) is 6.68. The van der Waals surface area contributed by atoms with E-state index in [1.54, 1.807) is 18.2 Å². The standard InChI is InChI=1S/C35H46F4O/c1-3-4-5-6-7-8-23-40-31-22-19-28(32(36)35(31)39)18-13-25-11-16-27(17-12-25)30-21-20-29(33(37)34(30)38)26-14-9-24(2)10-15-26/h13,18-22,24-27H,3-12,14-17,23H2,1-2H3/b18-13+. The predicted octanol–water partition coefficient (Wildman–Crippen LogP) is 11.3. The molecular formula is C35H46F4O. The number of allylic oxidation sites excluding steroid dienone is 1. The molecule has 5 heteroatoms. The van der Waals surface area contributed by atoms with Crippen molar-refractivity contribution in [3.63, 3.8) is 0 Å². The number of unbranched alkanes of at least 4 members (excludes halogenated alkanes) is 5. The molecule has 220 valence electrons. The Bertz CT molecular complexity index is 1110. The Balaban J connectivity index is 1.28. The summed E-state index contributed by atoms with van der Waals surface area (Å²) in [5.41, 5.74) is 1.22. The van der Waals surface area contributed by atoms with Gasteiger partial charge >= 0.3 is 0 Å². The van der Waals surface area contributed by atoms with E-state index >= 15 is 8.78 Å². The van der Waals surface area contributed by atoms with Crippen molar-refractivity contribution in [2.75, 3.05) is 6.61 Å². The Morgan fingerprint density at radius 3 is 1.88 bits per heavy atom. The normalized spacial score (nSPS) is 23.6. The molecule has 2 aliphatic rings. The first-order valence-electron chi connectivity index (χ1n) is 15.7. The zero-order valence-electron chi connectivity index (χ0n) is 24.3. The summed E-state index contributed by atoms with van der Waals surface area (Å²) >= 11 is 0. The van der Waals surface area contributed by atoms with Crippen LogP contribution in [0.25, 0.3) is 6.08 Å². The highest BCUT2D eigenvalue weighted by atomic mass is 19.2. The summed E-state index contributed by atoms with van der Waals surface area (Å²) in [4.78, 5) is 0. The van der Waals surface area contributed by atoms with Crippen LogP contribution in [0.15, 0.2) is 30.3 Å². The molecule has 2 aromatic carbocycles. The van der Waals surface area contributed by atoms with Crippen molar-refractivity contribution in [3.8, 4) is 5.75 Å². The molecule has 0 radical (unpaired) electrons. The van der Waals surface area contributed by atoms with Crippen LogP contribution in [0.4, 0.5) is 17.6 Å². The van der Waals surface area contributed by atoms with Crippen LogP contribution < -0.4 is 4.74 Å². The minimum Gasteiger partial charge on any atom is -0.490 e. The first kappa shape index (κ1) is 30.7. The van der Waals surface area contributed by atoms with Gasteiger partial charge in [0.05, 0.1) is 6.61 Å². The Labute approximate surface area is 238 Å². The van der Waals surface area contributed by atoms with Crippen LogP contribution in [0, 0.1) is 35.1 Å². The van der Waals surface area contributed by atoms with Gasteiger partial charge in [0.2, 0.25) is 5.82 Å². The largest absolute Gasteiger partial charge is 0.490 e. The van der Waals surface area contributed by atoms with E-state index in [0.29, 0.717) is 23.7 Å². The topological polar surface area (TPSA) is 9.23 Å². The van der Waals surface area contributed by atoms with Gasteiger partial charge < -0.3 is 4.74 Å². The van der Waals surface area contributed by atoms with Crippen molar-refractivity contribution in [2.45, 2.75) is 116 Å². The van der Waals surface area contributed by atoms with Crippen molar-refractivity contribution < 1.29 is 22.3 Å². The average molecular weight is 559 g/mol. The smallest absolute Gasteiger partial charge is 0.201 e. The Morgan fingerprint density at radius 2 is 1.25 bits per heavy atom. The first-order chi connectivity index (χ1) is 19.4. The van der Waals surface area contributed by atoms with Gasteiger partial charge in [-0.25, -0.2) is 13.2 Å². The maximum atomic E-state index is 15.1. The van der Waals surface area contributed by atoms with Gasteiger partial charge in [-0.2, -0.15) is 4.39 Å². The molecule has 0 aliphatic heterocycles. The molecular weight excluding hydrogens is 512 g/mol. The van der Waals surface area contributed by atoms with E-state index < -0.39 is 23.3 Å². The van der Waals surface area contributed by atoms with E-state index in [1.807, 2.05) is 12.1 Å². The van der Waals surface area contributed by atoms with Gasteiger partial charge in [0.25, 0.3) is 0 Å². The van der Waals surface area contributed by atoms with E-state index in [1.165, 1.54) is 25.3 Å². The number of rotatable bonds is 12. The van der Waals surface area contributed by atoms with Gasteiger partial charge in [-0.15, -0.1) is 0 Å². The summed E-state index contributed by atoms with van der Waals surface area (Å²) in [5, 5.41) is 0. The van der Waals surface area contributed by atoms with Gasteiger partial charge in [0.1, 0.15) is 0 Å². The van der Waals surface area contributed by atoms with Crippen LogP contribution in [0.3, 0.4) is 0 Å². The van der Waals surface area contributed by atoms with Crippen LogP contribution >= 0.6 is 0 Å². The van der Waals surface area contributed by atoms with Gasteiger partial charge in [0, 0.05) is 5.56 Å². The minimum atomic E-state index is -0.944. The molecule has 0 amide bonds. The predicted molar refractivity (Wildman–Crippen MR) is 156 cm³/mol. The van der Waals surface area contributed by atoms with Crippen molar-refractivity contribution in [1.29, 1.82) is 0 Å². The lowest BCUT2D eigenvalue weighted by atomic mass is 9.76. The third kappa shape index (κ3) is 7.91. The molecule has 0 aromatic heterocycles. The summed E-state index contributed by atoms with van der Waals surface area (Å²) in [6.45, 7) is 4.78. The van der Waals surface area contributed by atoms with Crippen molar-refractivity contribution in [1.82, 2.24) is 0 Å². The van der Waals surface area contributed by atoms with Crippen LogP contribution in [0.1, 0.15) is 132 Å². The highest BCUT2D eigenvalue weighted by Gasteiger charge is 2.28. The summed E-state index contributed by atoms with van der Waals surface area (Å²) in [6.07, 6.45) is 17.2. The molecule has 4 rings (SSSR count). The fraction of sp³-hybridized carbons (Fsp3) is 0.600. The van der Waals surface area contributed by atoms with E-state index in [4.69, 9.17) is 4.74 Å². The van der Waals surface area contributed by atoms with Crippen molar-refractivity contribution in [3.05, 3.63) is 70.3 Å². The summed E-state index contributed by atoms with van der Waals surface area (Å²) in [7, 11) is 0. The highest BCUT2D eigenvalue weighted by molar-refractivity contribution is 5.52. The molecule has 2 aromatic rings. The lowest BCUT2D eigenvalue weighted by Crippen LogP contribution is -2.16. The third-order valence-corrected chi connectivity index (χ3v) is 9.19. The SMILES string of the molecule is CCCCCCCCOc1ccc(/C=C/C2CCC(c3ccc(C4CCC(C)CC4)c(F)c3F)CC2)c(F)c1F. The molecule has 1 nitrogen and oxygen atoms in total. The number of benzene rings is 2. The van der Waals surface area contributed by atoms with Crippen LogP contribution in [0.2, 0.25) is 0 Å². The maximum Gasteiger partial charge on any atom is 0.201 e. The Kier molecular flexibility index (Phi) is 11.6. The zero-order chi connectivity index (χ0) is 28.5. The van der Waals surface area contributed by atoms with Crippen LogP contribution in [0.5, 0.6) is 5.75 Å². The van der Waals surface area contributed by atoms with Crippen LogP contribution in [-0.4, -0.2) is 6.61 Å². The Hall–Kier alpha value is -2.30. The molecule has 0 N–H and O–H groups in total. The van der Waals surface area contributed by atoms with Gasteiger partial charge in [-0.1, -0.05) is 83.1 Å². The second kappa shape index (κ2) is 15.1. The lowest BCUT2D eigenvalue weighted by molar-refractivity contribution is 0.284. The number of halogens is 4. The second-order valence-electron chi connectivity index (χ2n) is 12.2. The highest BCUT2D eigenvalue weighted by Crippen LogP contribution is 2.41. The molecule has 0 spiro atoms. The van der Waals surface area contributed by atoms with Crippen molar-refractivity contribution in [2.24, 2.45) is 11.8 Å². The quantitative estimate of drug-likeness (QED) is 0.186. The average Bonchev–Trinajstić information content (AvgIpc) is 2.96. The maximum absolute atomic E-state index is 15.1.